The molecule has 0 aromatic heterocycles. The summed E-state index contributed by atoms with van der Waals surface area (Å²) in [6.45, 7) is 6.75. The van der Waals surface area contributed by atoms with Crippen LogP contribution in [0.3, 0.4) is 0 Å². The molecule has 1 aromatic rings. The molecule has 2 heterocycles. The number of carbonyl (C=O) groups excluding carboxylic acids is 11. The summed E-state index contributed by atoms with van der Waals surface area (Å²) in [4.78, 5) is 148. The number of nitrogens with two attached hydrogens (primary N) is 3. The highest BCUT2D eigenvalue weighted by molar-refractivity contribution is 7.99. The molecular formula is C45H69N11O12S. The van der Waals surface area contributed by atoms with Crippen LogP contribution in [0.2, 0.25) is 0 Å². The lowest BCUT2D eigenvalue weighted by atomic mass is 9.96. The molecule has 11 amide bonds. The third-order valence-electron chi connectivity index (χ3n) is 11.6. The number of likely N-dealkylation sites (tertiary alicyclic amines) is 1. The van der Waals surface area contributed by atoms with Gasteiger partial charge in [0.05, 0.1) is 20.1 Å². The lowest BCUT2D eigenvalue weighted by Crippen LogP contribution is -2.61. The van der Waals surface area contributed by atoms with Gasteiger partial charge in [-0.3, -0.25) is 52.7 Å². The van der Waals surface area contributed by atoms with Crippen LogP contribution in [0.5, 0.6) is 5.75 Å². The number of carbonyl (C=O) groups is 11. The number of hydrogen-bond acceptors (Lipinski definition) is 13. The van der Waals surface area contributed by atoms with Crippen molar-refractivity contribution in [3.05, 3.63) is 29.8 Å². The van der Waals surface area contributed by atoms with E-state index in [4.69, 9.17) is 21.9 Å². The molecule has 69 heavy (non-hydrogen) atoms. The van der Waals surface area contributed by atoms with E-state index in [0.29, 0.717) is 24.2 Å². The second-order valence-electron chi connectivity index (χ2n) is 17.6. The van der Waals surface area contributed by atoms with Crippen LogP contribution in [0.15, 0.2) is 24.3 Å². The van der Waals surface area contributed by atoms with Gasteiger partial charge in [-0.1, -0.05) is 46.2 Å². The average molecular weight is 988 g/mol. The minimum atomic E-state index is -1.71. The number of amides is 11. The summed E-state index contributed by atoms with van der Waals surface area (Å²) in [5.74, 6) is -8.59. The van der Waals surface area contributed by atoms with E-state index in [2.05, 4.69) is 37.2 Å². The molecule has 2 unspecified atom stereocenters. The monoisotopic (exact) mass is 987 g/mol. The van der Waals surface area contributed by atoms with Gasteiger partial charge in [0.15, 0.2) is 0 Å². The molecule has 2 aliphatic heterocycles. The minimum absolute atomic E-state index is 0.0237. The smallest absolute Gasteiger partial charge is 0.246 e. The quantitative estimate of drug-likeness (QED) is 0.0728. The van der Waals surface area contributed by atoms with Crippen LogP contribution < -0.4 is 59.2 Å². The van der Waals surface area contributed by atoms with E-state index >= 15 is 0 Å². The Morgan fingerprint density at radius 1 is 0.812 bits per heavy atom. The summed E-state index contributed by atoms with van der Waals surface area (Å²) >= 11 is 1.18. The molecule has 2 aliphatic rings. The maximum atomic E-state index is 14.5. The predicted octanol–water partition coefficient (Wildman–Crippen LogP) is -2.50. The molecule has 13 N–H and O–H groups in total. The van der Waals surface area contributed by atoms with Crippen molar-refractivity contribution in [2.75, 3.05) is 31.7 Å². The molecule has 2 fully saturated rings. The van der Waals surface area contributed by atoms with Crippen LogP contribution in [0.25, 0.3) is 0 Å². The first kappa shape index (κ1) is 56.9. The van der Waals surface area contributed by atoms with E-state index in [1.165, 1.54) is 23.8 Å². The molecule has 0 saturated carbocycles. The van der Waals surface area contributed by atoms with Crippen molar-refractivity contribution in [1.82, 2.24) is 42.1 Å². The van der Waals surface area contributed by atoms with E-state index in [0.717, 1.165) is 0 Å². The van der Waals surface area contributed by atoms with Gasteiger partial charge in [0, 0.05) is 31.6 Å². The Morgan fingerprint density at radius 3 is 2.07 bits per heavy atom. The van der Waals surface area contributed by atoms with E-state index in [-0.39, 0.29) is 62.5 Å². The number of ether oxygens (including phenoxy) is 1. The summed E-state index contributed by atoms with van der Waals surface area (Å²) in [5, 5.41) is 18.2. The summed E-state index contributed by atoms with van der Waals surface area (Å²) in [5.41, 5.74) is 16.8. The predicted molar refractivity (Wildman–Crippen MR) is 253 cm³/mol. The van der Waals surface area contributed by atoms with Gasteiger partial charge in [-0.05, 0) is 67.4 Å². The summed E-state index contributed by atoms with van der Waals surface area (Å²) in [7, 11) is 1.50. The molecule has 0 bridgehead atoms. The maximum Gasteiger partial charge on any atom is 0.246 e. The Balaban J connectivity index is 2.02. The molecule has 23 nitrogen and oxygen atoms in total. The normalized spacial score (nSPS) is 23.2. The fourth-order valence-corrected chi connectivity index (χ4v) is 8.66. The first-order valence-corrected chi connectivity index (χ1v) is 24.2. The van der Waals surface area contributed by atoms with Crippen LogP contribution in [0.1, 0.15) is 91.0 Å². The molecule has 0 aliphatic carbocycles. The third-order valence-corrected chi connectivity index (χ3v) is 12.7. The van der Waals surface area contributed by atoms with Crippen molar-refractivity contribution in [1.29, 1.82) is 0 Å². The van der Waals surface area contributed by atoms with Crippen molar-refractivity contribution >= 4 is 76.7 Å². The second-order valence-corrected chi connectivity index (χ2v) is 18.8. The zero-order valence-corrected chi connectivity index (χ0v) is 40.7. The highest BCUT2D eigenvalue weighted by Gasteiger charge is 2.40. The standard InChI is InChI=1S/C45H69N11O12S/c1-6-25(4)38-44(66)51-28(15-16-34(46)57)40(62)52-31(21-35(47)58)41(63)54-32(23-69-18-8-10-37(60)50-30(42(64)55-38)20-26-11-13-27(68-5)14-12-26)45(67)56-17-7-9-33(56)43(65)53-29(19-24(2)3)39(61)49-22-36(48)59/h11-14,24-25,28-33,38H,6-10,15-23H2,1-5H3,(H2,46,57)(H2,47,58)(H2,48,59)(H,49,61)(H,50,60)(H,51,66)(H,52,62)(H,53,65)(H,54,63)(H,55,64)/t25-,28?,29-,30-,31?,32-,33-,38-/m0/s1. The average Bonchev–Trinajstić information content (AvgIpc) is 3.79. The first-order chi connectivity index (χ1) is 32.6. The lowest BCUT2D eigenvalue weighted by Gasteiger charge is -2.31. The minimum Gasteiger partial charge on any atom is -0.497 e. The first-order valence-electron chi connectivity index (χ1n) is 23.1. The molecule has 3 rings (SSSR count). The highest BCUT2D eigenvalue weighted by Crippen LogP contribution is 2.22. The Kier molecular flexibility index (Phi) is 23.2. The Bertz CT molecular complexity index is 2020. The second kappa shape index (κ2) is 28.1. The summed E-state index contributed by atoms with van der Waals surface area (Å²) in [6.07, 6.45) is -0.176. The van der Waals surface area contributed by atoms with Crippen molar-refractivity contribution < 1.29 is 57.5 Å². The summed E-state index contributed by atoms with van der Waals surface area (Å²) in [6, 6.07) is -2.40. The Hall–Kier alpha value is -6.46. The number of hydrogen-bond donors (Lipinski definition) is 10. The van der Waals surface area contributed by atoms with Crippen LogP contribution in [-0.4, -0.2) is 144 Å². The van der Waals surface area contributed by atoms with Crippen molar-refractivity contribution in [3.8, 4) is 5.75 Å². The molecule has 2 saturated heterocycles. The Morgan fingerprint density at radius 2 is 1.46 bits per heavy atom. The van der Waals surface area contributed by atoms with Crippen LogP contribution >= 0.6 is 11.8 Å². The third kappa shape index (κ3) is 18.9. The van der Waals surface area contributed by atoms with Gasteiger partial charge in [0.1, 0.15) is 48.0 Å². The van der Waals surface area contributed by atoms with Gasteiger partial charge < -0.3 is 64.1 Å². The van der Waals surface area contributed by atoms with Crippen LogP contribution in [0, 0.1) is 11.8 Å². The Labute approximate surface area is 405 Å². The zero-order chi connectivity index (χ0) is 51.4. The van der Waals surface area contributed by atoms with E-state index in [1.54, 1.807) is 38.1 Å². The van der Waals surface area contributed by atoms with Crippen molar-refractivity contribution in [2.45, 2.75) is 134 Å². The maximum absolute atomic E-state index is 14.5. The van der Waals surface area contributed by atoms with E-state index in [1.807, 2.05) is 13.8 Å². The number of nitrogens with zero attached hydrogens (tertiary/aromatic N) is 1. The fourth-order valence-electron chi connectivity index (χ4n) is 7.68. The lowest BCUT2D eigenvalue weighted by molar-refractivity contribution is -0.142. The summed E-state index contributed by atoms with van der Waals surface area (Å²) < 4.78 is 5.25. The van der Waals surface area contributed by atoms with Gasteiger partial charge in [-0.2, -0.15) is 11.8 Å². The van der Waals surface area contributed by atoms with Crippen molar-refractivity contribution in [2.24, 2.45) is 29.0 Å². The number of nitrogens with one attached hydrogen (secondary N) is 7. The largest absolute Gasteiger partial charge is 0.497 e. The molecule has 24 heteroatoms. The molecule has 8 atom stereocenters. The molecule has 0 spiro atoms. The highest BCUT2D eigenvalue weighted by atomic mass is 32.2. The fraction of sp³-hybridized carbons (Fsp3) is 0.622. The topological polar surface area (TPSA) is 363 Å². The molecular weight excluding hydrogens is 919 g/mol. The number of methoxy groups -OCH3 is 1. The van der Waals surface area contributed by atoms with Crippen LogP contribution in [0.4, 0.5) is 0 Å². The van der Waals surface area contributed by atoms with Gasteiger partial charge >= 0.3 is 0 Å². The van der Waals surface area contributed by atoms with Gasteiger partial charge in [0.25, 0.3) is 0 Å². The van der Waals surface area contributed by atoms with Crippen LogP contribution in [-0.2, 0) is 59.2 Å². The van der Waals surface area contributed by atoms with Gasteiger partial charge in [0.2, 0.25) is 65.0 Å². The number of benzene rings is 1. The number of rotatable bonds is 18. The molecule has 1 aromatic carbocycles. The van der Waals surface area contributed by atoms with Gasteiger partial charge in [-0.15, -0.1) is 0 Å². The van der Waals surface area contributed by atoms with E-state index in [9.17, 15) is 52.7 Å². The SMILES string of the molecule is CC[C@H](C)[C@@H]1NC(=O)[C@H](Cc2ccc(OC)cc2)NC(=O)CCCSC[C@@H](C(=O)N2CCC[C@H]2C(=O)N[C@@H](CC(C)C)C(=O)NCC(N)=O)NC(=O)C(CC(N)=O)NC(=O)C(CCC(N)=O)NC1=O. The van der Waals surface area contributed by atoms with E-state index < -0.39 is 133 Å². The molecule has 0 radical (unpaired) electrons. The zero-order valence-electron chi connectivity index (χ0n) is 39.9. The van der Waals surface area contributed by atoms with Crippen molar-refractivity contribution in [3.63, 3.8) is 0 Å². The molecule has 382 valence electrons. The van der Waals surface area contributed by atoms with Gasteiger partial charge in [-0.25, -0.2) is 0 Å². The number of thioether (sulfide) groups is 1. The number of primary amides is 3.